The number of benzene rings is 1. The van der Waals surface area contributed by atoms with Crippen LogP contribution in [0, 0.1) is 24.2 Å². The van der Waals surface area contributed by atoms with Crippen LogP contribution in [0.2, 0.25) is 0 Å². The first kappa shape index (κ1) is 15.7. The lowest BCUT2D eigenvalue weighted by Gasteiger charge is -2.36. The number of ether oxygens (including phenoxy) is 2. The van der Waals surface area contributed by atoms with Gasteiger partial charge < -0.3 is 20.1 Å². The fourth-order valence-electron chi connectivity index (χ4n) is 3.65. The zero-order valence-corrected chi connectivity index (χ0v) is 13.3. The summed E-state index contributed by atoms with van der Waals surface area (Å²) in [6.45, 7) is 1.61. The number of fused-ring (bicyclic) bond motifs is 2. The second-order valence-electron chi connectivity index (χ2n) is 6.24. The van der Waals surface area contributed by atoms with Gasteiger partial charge in [-0.25, -0.2) is 0 Å². The topological polar surface area (TPSA) is 64.8 Å². The number of rotatable bonds is 4. The first-order valence-corrected chi connectivity index (χ1v) is 7.93. The van der Waals surface area contributed by atoms with Crippen molar-refractivity contribution in [1.82, 2.24) is 4.90 Å². The zero-order chi connectivity index (χ0) is 16.4. The van der Waals surface area contributed by atoms with Crippen LogP contribution in [0.15, 0.2) is 18.2 Å². The Labute approximate surface area is 136 Å². The Balaban J connectivity index is 1.78. The number of piperidine rings is 1. The molecule has 3 rings (SSSR count). The summed E-state index contributed by atoms with van der Waals surface area (Å²) in [4.78, 5) is 14.7. The summed E-state index contributed by atoms with van der Waals surface area (Å²) in [6.07, 6.45) is 7.47. The van der Waals surface area contributed by atoms with E-state index in [4.69, 9.17) is 21.6 Å². The van der Waals surface area contributed by atoms with Gasteiger partial charge in [-0.05, 0) is 42.9 Å². The number of nitrogens with zero attached hydrogens (tertiary/aromatic N) is 1. The van der Waals surface area contributed by atoms with Crippen LogP contribution >= 0.6 is 0 Å². The third-order valence-electron chi connectivity index (χ3n) is 4.92. The number of likely N-dealkylation sites (tertiary alicyclic amines) is 1. The molecule has 122 valence electrons. The average Bonchev–Trinajstić information content (AvgIpc) is 2.79. The minimum Gasteiger partial charge on any atom is -0.493 e. The summed E-state index contributed by atoms with van der Waals surface area (Å²) in [5, 5.41) is 0. The standard InChI is InChI=1S/C18H22N2O3/c1-3-8-23-16-9-12(6-7-15(16)22-2)18(21)20-10-13-4-5-14(11-20)17(13)19/h1,6-7,9,13-14,17H,4-5,8,10-11,19H2,2H3/t13-,14+,17?. The number of nitrogens with two attached hydrogens (primary N) is 1. The number of hydrogen-bond acceptors (Lipinski definition) is 4. The molecule has 0 spiro atoms. The van der Waals surface area contributed by atoms with Gasteiger partial charge in [0.1, 0.15) is 6.61 Å². The van der Waals surface area contributed by atoms with E-state index in [9.17, 15) is 4.79 Å². The van der Waals surface area contributed by atoms with E-state index in [1.54, 1.807) is 25.3 Å². The van der Waals surface area contributed by atoms with Crippen LogP contribution in [0.4, 0.5) is 0 Å². The van der Waals surface area contributed by atoms with Gasteiger partial charge in [0, 0.05) is 24.7 Å². The molecule has 2 aliphatic rings. The molecule has 1 aromatic rings. The van der Waals surface area contributed by atoms with E-state index in [0.29, 0.717) is 28.9 Å². The predicted molar refractivity (Wildman–Crippen MR) is 87.4 cm³/mol. The highest BCUT2D eigenvalue weighted by Crippen LogP contribution is 2.36. The third kappa shape index (κ3) is 2.99. The number of amides is 1. The largest absolute Gasteiger partial charge is 0.493 e. The van der Waals surface area contributed by atoms with E-state index in [1.807, 2.05) is 4.90 Å². The Bertz CT molecular complexity index is 624. The molecule has 1 aliphatic heterocycles. The van der Waals surface area contributed by atoms with Gasteiger partial charge >= 0.3 is 0 Å². The fraction of sp³-hybridized carbons (Fsp3) is 0.500. The summed E-state index contributed by atoms with van der Waals surface area (Å²) in [5.41, 5.74) is 6.80. The third-order valence-corrected chi connectivity index (χ3v) is 4.92. The van der Waals surface area contributed by atoms with Crippen molar-refractivity contribution in [2.24, 2.45) is 17.6 Å². The molecule has 5 heteroatoms. The van der Waals surface area contributed by atoms with Gasteiger partial charge in [-0.15, -0.1) is 6.42 Å². The van der Waals surface area contributed by atoms with E-state index in [0.717, 1.165) is 25.9 Å². The molecule has 2 N–H and O–H groups in total. The Hall–Kier alpha value is -2.19. The van der Waals surface area contributed by atoms with Crippen molar-refractivity contribution in [1.29, 1.82) is 0 Å². The molecule has 1 amide bonds. The maximum Gasteiger partial charge on any atom is 0.254 e. The SMILES string of the molecule is C#CCOc1cc(C(=O)N2C[C@H]3CC[C@@H](C2)C3N)ccc1OC. The number of carbonyl (C=O) groups excluding carboxylic acids is 1. The molecular formula is C18H22N2O3. The second-order valence-corrected chi connectivity index (χ2v) is 6.24. The van der Waals surface area contributed by atoms with Gasteiger partial charge in [0.25, 0.3) is 5.91 Å². The Morgan fingerprint density at radius 1 is 1.35 bits per heavy atom. The molecule has 2 fully saturated rings. The second kappa shape index (κ2) is 6.51. The van der Waals surface area contributed by atoms with E-state index in [-0.39, 0.29) is 18.6 Å². The van der Waals surface area contributed by atoms with Crippen molar-refractivity contribution >= 4 is 5.91 Å². The minimum absolute atomic E-state index is 0.0158. The fourth-order valence-corrected chi connectivity index (χ4v) is 3.65. The predicted octanol–water partition coefficient (Wildman–Crippen LogP) is 1.52. The van der Waals surface area contributed by atoms with Crippen molar-refractivity contribution in [3.8, 4) is 23.8 Å². The Morgan fingerprint density at radius 2 is 2.04 bits per heavy atom. The lowest BCUT2D eigenvalue weighted by molar-refractivity contribution is 0.0637. The van der Waals surface area contributed by atoms with Crippen LogP contribution in [0.5, 0.6) is 11.5 Å². The molecule has 1 aliphatic carbocycles. The van der Waals surface area contributed by atoms with Gasteiger partial charge in [0.15, 0.2) is 11.5 Å². The molecule has 1 saturated carbocycles. The molecule has 1 heterocycles. The van der Waals surface area contributed by atoms with Gasteiger partial charge in [-0.3, -0.25) is 4.79 Å². The molecule has 23 heavy (non-hydrogen) atoms. The van der Waals surface area contributed by atoms with Crippen LogP contribution in [0.1, 0.15) is 23.2 Å². The first-order valence-electron chi connectivity index (χ1n) is 7.93. The number of methoxy groups -OCH3 is 1. The quantitative estimate of drug-likeness (QED) is 0.856. The van der Waals surface area contributed by atoms with Crippen molar-refractivity contribution < 1.29 is 14.3 Å². The monoisotopic (exact) mass is 314 g/mol. The van der Waals surface area contributed by atoms with E-state index < -0.39 is 0 Å². The molecule has 0 radical (unpaired) electrons. The van der Waals surface area contributed by atoms with Crippen LogP contribution in [0.25, 0.3) is 0 Å². The molecule has 1 aromatic carbocycles. The molecule has 2 bridgehead atoms. The summed E-state index contributed by atoms with van der Waals surface area (Å²) in [6, 6.07) is 5.45. The zero-order valence-electron chi connectivity index (χ0n) is 13.3. The van der Waals surface area contributed by atoms with Crippen molar-refractivity contribution in [2.45, 2.75) is 18.9 Å². The Kier molecular flexibility index (Phi) is 4.44. The summed E-state index contributed by atoms with van der Waals surface area (Å²) >= 11 is 0. The van der Waals surface area contributed by atoms with Crippen molar-refractivity contribution in [3.63, 3.8) is 0 Å². The normalized spacial score (nSPS) is 25.8. The van der Waals surface area contributed by atoms with Gasteiger partial charge in [-0.1, -0.05) is 5.92 Å². The highest BCUT2D eigenvalue weighted by atomic mass is 16.5. The van der Waals surface area contributed by atoms with Crippen LogP contribution in [-0.4, -0.2) is 43.7 Å². The van der Waals surface area contributed by atoms with Crippen LogP contribution < -0.4 is 15.2 Å². The molecule has 1 saturated heterocycles. The average molecular weight is 314 g/mol. The van der Waals surface area contributed by atoms with Gasteiger partial charge in [0.2, 0.25) is 0 Å². The molecule has 3 atom stereocenters. The van der Waals surface area contributed by atoms with Crippen LogP contribution in [-0.2, 0) is 0 Å². The maximum atomic E-state index is 12.8. The molecule has 5 nitrogen and oxygen atoms in total. The van der Waals surface area contributed by atoms with Gasteiger partial charge in [0.05, 0.1) is 7.11 Å². The van der Waals surface area contributed by atoms with Crippen molar-refractivity contribution in [2.75, 3.05) is 26.8 Å². The highest BCUT2D eigenvalue weighted by molar-refractivity contribution is 5.95. The summed E-state index contributed by atoms with van der Waals surface area (Å²) in [7, 11) is 1.56. The summed E-state index contributed by atoms with van der Waals surface area (Å²) < 4.78 is 10.7. The minimum atomic E-state index is 0.0158. The first-order chi connectivity index (χ1) is 11.1. The Morgan fingerprint density at radius 3 is 2.65 bits per heavy atom. The number of carbonyl (C=O) groups is 1. The molecular weight excluding hydrogens is 292 g/mol. The highest BCUT2D eigenvalue weighted by Gasteiger charge is 2.41. The van der Waals surface area contributed by atoms with E-state index >= 15 is 0 Å². The summed E-state index contributed by atoms with van der Waals surface area (Å²) in [5.74, 6) is 4.34. The van der Waals surface area contributed by atoms with E-state index in [1.165, 1.54) is 0 Å². The van der Waals surface area contributed by atoms with Crippen molar-refractivity contribution in [3.05, 3.63) is 23.8 Å². The lowest BCUT2D eigenvalue weighted by atomic mass is 9.92. The molecule has 0 aromatic heterocycles. The van der Waals surface area contributed by atoms with Crippen LogP contribution in [0.3, 0.4) is 0 Å². The van der Waals surface area contributed by atoms with E-state index in [2.05, 4.69) is 5.92 Å². The number of hydrogen-bond donors (Lipinski definition) is 1. The maximum absolute atomic E-state index is 12.8. The smallest absolute Gasteiger partial charge is 0.254 e. The number of terminal acetylenes is 1. The lowest BCUT2D eigenvalue weighted by Crippen LogP contribution is -2.50. The van der Waals surface area contributed by atoms with Gasteiger partial charge in [-0.2, -0.15) is 0 Å². The molecule has 1 unspecified atom stereocenters.